The molecule has 0 bridgehead atoms. The molecular weight excluding hydrogens is 312 g/mol. The molecule has 0 fully saturated rings. The van der Waals surface area contributed by atoms with Crippen molar-refractivity contribution in [3.63, 3.8) is 0 Å². The molecule has 4 nitrogen and oxygen atoms in total. The van der Waals surface area contributed by atoms with Crippen LogP contribution in [-0.2, 0) is 10.1 Å². The number of hydrogen-bond donors (Lipinski definition) is 0. The molecule has 0 saturated carbocycles. The van der Waals surface area contributed by atoms with Gasteiger partial charge in [0.2, 0.25) is 0 Å². The molecule has 0 heterocycles. The van der Waals surface area contributed by atoms with Crippen LogP contribution in [-0.4, -0.2) is 14.2 Å². The number of ketones is 1. The zero-order valence-electron chi connectivity index (χ0n) is 13.7. The van der Waals surface area contributed by atoms with E-state index in [2.05, 4.69) is 0 Å². The van der Waals surface area contributed by atoms with Gasteiger partial charge in [-0.25, -0.2) is 0 Å². The van der Waals surface area contributed by atoms with Gasteiger partial charge in [0.1, 0.15) is 10.6 Å². The van der Waals surface area contributed by atoms with Gasteiger partial charge >= 0.3 is 10.1 Å². The van der Waals surface area contributed by atoms with Gasteiger partial charge in [-0.15, -0.1) is 0 Å². The second kappa shape index (κ2) is 6.54. The smallest absolute Gasteiger partial charge is 0.339 e. The second-order valence-electron chi connectivity index (χ2n) is 5.81. The summed E-state index contributed by atoms with van der Waals surface area (Å²) >= 11 is 0. The van der Waals surface area contributed by atoms with Crippen LogP contribution in [0.3, 0.4) is 0 Å². The van der Waals surface area contributed by atoms with Crippen molar-refractivity contribution in [2.24, 2.45) is 0 Å². The van der Waals surface area contributed by atoms with Crippen molar-refractivity contribution in [1.29, 1.82) is 0 Å². The van der Waals surface area contributed by atoms with Gasteiger partial charge in [0.15, 0.2) is 5.78 Å². The molecule has 23 heavy (non-hydrogen) atoms. The van der Waals surface area contributed by atoms with Gasteiger partial charge in [0, 0.05) is 5.56 Å². The topological polar surface area (TPSA) is 60.4 Å². The lowest BCUT2D eigenvalue weighted by molar-refractivity contribution is 0.101. The minimum absolute atomic E-state index is 0.0266. The third-order valence-corrected chi connectivity index (χ3v) is 4.79. The Morgan fingerprint density at radius 3 is 2.17 bits per heavy atom. The van der Waals surface area contributed by atoms with Crippen LogP contribution in [0.2, 0.25) is 0 Å². The molecule has 5 heteroatoms. The first-order chi connectivity index (χ1) is 10.7. The van der Waals surface area contributed by atoms with Crippen molar-refractivity contribution in [1.82, 2.24) is 0 Å². The fourth-order valence-electron chi connectivity index (χ4n) is 2.21. The summed E-state index contributed by atoms with van der Waals surface area (Å²) in [5, 5.41) is 0. The molecule has 122 valence electrons. The summed E-state index contributed by atoms with van der Waals surface area (Å²) in [6.45, 7) is 7.27. The van der Waals surface area contributed by atoms with E-state index in [9.17, 15) is 13.2 Å². The van der Waals surface area contributed by atoms with Gasteiger partial charge in [-0.2, -0.15) is 8.42 Å². The average Bonchev–Trinajstić information content (AvgIpc) is 2.46. The van der Waals surface area contributed by atoms with E-state index < -0.39 is 10.1 Å². The Labute approximate surface area is 137 Å². The maximum Gasteiger partial charge on any atom is 0.339 e. The molecule has 2 aromatic rings. The van der Waals surface area contributed by atoms with Gasteiger partial charge in [-0.3, -0.25) is 4.79 Å². The first kappa shape index (κ1) is 17.2. The van der Waals surface area contributed by atoms with E-state index in [4.69, 9.17) is 4.18 Å². The number of benzene rings is 2. The van der Waals surface area contributed by atoms with E-state index in [0.29, 0.717) is 11.3 Å². The Bertz CT molecular complexity index is 819. The molecule has 0 aliphatic heterocycles. The third-order valence-electron chi connectivity index (χ3n) is 3.54. The minimum atomic E-state index is -3.94. The van der Waals surface area contributed by atoms with E-state index in [0.717, 1.165) is 11.1 Å². The lowest BCUT2D eigenvalue weighted by Crippen LogP contribution is -2.11. The van der Waals surface area contributed by atoms with Crippen molar-refractivity contribution in [2.45, 2.75) is 38.5 Å². The average molecular weight is 332 g/mol. The third kappa shape index (κ3) is 3.99. The van der Waals surface area contributed by atoms with Gasteiger partial charge in [-0.1, -0.05) is 38.1 Å². The fraction of sp³-hybridized carbons (Fsp3) is 0.278. The van der Waals surface area contributed by atoms with Gasteiger partial charge < -0.3 is 4.18 Å². The van der Waals surface area contributed by atoms with E-state index in [1.807, 2.05) is 32.9 Å². The van der Waals surface area contributed by atoms with Gasteiger partial charge in [0.25, 0.3) is 0 Å². The molecule has 0 spiro atoms. The highest BCUT2D eigenvalue weighted by atomic mass is 32.2. The summed E-state index contributed by atoms with van der Waals surface area (Å²) in [7, 11) is -3.94. The molecule has 0 aromatic heterocycles. The Balaban J connectivity index is 2.38. The summed E-state index contributed by atoms with van der Waals surface area (Å²) in [4.78, 5) is 11.3. The number of carbonyl (C=O) groups excluding carboxylic acids is 1. The summed E-state index contributed by atoms with van der Waals surface area (Å²) in [6.07, 6.45) is 0. The van der Waals surface area contributed by atoms with Crippen LogP contribution in [0.5, 0.6) is 5.75 Å². The maximum atomic E-state index is 12.5. The van der Waals surface area contributed by atoms with Crippen LogP contribution in [0.25, 0.3) is 0 Å². The molecule has 0 aliphatic rings. The van der Waals surface area contributed by atoms with Crippen molar-refractivity contribution in [3.05, 3.63) is 59.2 Å². The first-order valence-corrected chi connectivity index (χ1v) is 8.77. The predicted octanol–water partition coefficient (Wildman–Crippen LogP) is 4.09. The van der Waals surface area contributed by atoms with Crippen LogP contribution in [0.15, 0.2) is 47.4 Å². The van der Waals surface area contributed by atoms with Crippen LogP contribution < -0.4 is 4.18 Å². The highest BCUT2D eigenvalue weighted by Crippen LogP contribution is 2.30. The summed E-state index contributed by atoms with van der Waals surface area (Å²) < 4.78 is 30.3. The SMILES string of the molecule is CC(=O)c1ccc(S(=O)(=O)Oc2cc(C)ccc2C(C)C)cc1. The summed E-state index contributed by atoms with van der Waals surface area (Å²) in [6, 6.07) is 11.3. The maximum absolute atomic E-state index is 12.5. The predicted molar refractivity (Wildman–Crippen MR) is 89.5 cm³/mol. The molecule has 0 amide bonds. The normalized spacial score (nSPS) is 11.5. The van der Waals surface area contributed by atoms with Crippen LogP contribution in [0.4, 0.5) is 0 Å². The largest absolute Gasteiger partial charge is 0.379 e. The van der Waals surface area contributed by atoms with E-state index in [1.54, 1.807) is 6.07 Å². The number of rotatable bonds is 5. The van der Waals surface area contributed by atoms with Crippen LogP contribution >= 0.6 is 0 Å². The minimum Gasteiger partial charge on any atom is -0.379 e. The highest BCUT2D eigenvalue weighted by molar-refractivity contribution is 7.87. The molecule has 0 saturated heterocycles. The molecule has 0 aliphatic carbocycles. The Morgan fingerprint density at radius 1 is 1.04 bits per heavy atom. The molecule has 0 unspecified atom stereocenters. The highest BCUT2D eigenvalue weighted by Gasteiger charge is 2.20. The second-order valence-corrected chi connectivity index (χ2v) is 7.36. The van der Waals surface area contributed by atoms with Crippen molar-refractivity contribution in [2.75, 3.05) is 0 Å². The standard InChI is InChI=1S/C18H20O4S/c1-12(2)17-10-5-13(3)11-18(17)22-23(20,21)16-8-6-15(7-9-16)14(4)19/h5-12H,1-4H3. The number of aryl methyl sites for hydroxylation is 1. The summed E-state index contributed by atoms with van der Waals surface area (Å²) in [5.41, 5.74) is 2.22. The molecule has 0 atom stereocenters. The van der Waals surface area contributed by atoms with E-state index >= 15 is 0 Å². The van der Waals surface area contributed by atoms with Crippen molar-refractivity contribution in [3.8, 4) is 5.75 Å². The Morgan fingerprint density at radius 2 is 1.65 bits per heavy atom. The zero-order valence-corrected chi connectivity index (χ0v) is 14.5. The summed E-state index contributed by atoms with van der Waals surface area (Å²) in [5.74, 6) is 0.368. The van der Waals surface area contributed by atoms with Crippen molar-refractivity contribution >= 4 is 15.9 Å². The van der Waals surface area contributed by atoms with E-state index in [1.165, 1.54) is 31.2 Å². The number of hydrogen-bond acceptors (Lipinski definition) is 4. The molecule has 2 rings (SSSR count). The number of carbonyl (C=O) groups is 1. The van der Waals surface area contributed by atoms with E-state index in [-0.39, 0.29) is 16.6 Å². The Kier molecular flexibility index (Phi) is 4.90. The van der Waals surface area contributed by atoms with Crippen molar-refractivity contribution < 1.29 is 17.4 Å². The van der Waals surface area contributed by atoms with Crippen LogP contribution in [0.1, 0.15) is 48.2 Å². The fourth-order valence-corrected chi connectivity index (χ4v) is 3.16. The van der Waals surface area contributed by atoms with Gasteiger partial charge in [0.05, 0.1) is 0 Å². The number of Topliss-reactive ketones (excluding diaryl/α,β-unsaturated/α-hetero) is 1. The monoisotopic (exact) mass is 332 g/mol. The molecule has 0 radical (unpaired) electrons. The quantitative estimate of drug-likeness (QED) is 0.611. The molecular formula is C18H20O4S. The Hall–Kier alpha value is -2.14. The molecule has 2 aromatic carbocycles. The lowest BCUT2D eigenvalue weighted by Gasteiger charge is -2.14. The lowest BCUT2D eigenvalue weighted by atomic mass is 10.0. The van der Waals surface area contributed by atoms with Crippen LogP contribution in [0, 0.1) is 6.92 Å². The zero-order chi connectivity index (χ0) is 17.2. The van der Waals surface area contributed by atoms with Gasteiger partial charge in [-0.05, 0) is 49.1 Å². The first-order valence-electron chi connectivity index (χ1n) is 7.37. The molecule has 0 N–H and O–H groups in total.